The van der Waals surface area contributed by atoms with E-state index < -0.39 is 16.9 Å². The van der Waals surface area contributed by atoms with Gasteiger partial charge in [-0.05, 0) is 30.2 Å². The molecule has 1 unspecified atom stereocenters. The highest BCUT2D eigenvalue weighted by molar-refractivity contribution is 6.04. The molecule has 0 aliphatic carbocycles. The van der Waals surface area contributed by atoms with Gasteiger partial charge in [0, 0.05) is 23.4 Å². The van der Waals surface area contributed by atoms with Crippen LogP contribution in [0.4, 0.5) is 17.2 Å². The molecule has 2 amide bonds. The van der Waals surface area contributed by atoms with E-state index in [-0.39, 0.29) is 23.7 Å². The summed E-state index contributed by atoms with van der Waals surface area (Å²) in [5.74, 6) is 0.429. The minimum Gasteiger partial charge on any atom is -0.497 e. The SMILES string of the molecule is CCc1nn2c(c1-c1cccc(OC)c1)NC(=O)C2CC(=O)Nc1cccc([N+](=O)[O-])c1. The molecule has 4 rings (SSSR count). The molecule has 0 spiro atoms. The van der Waals surface area contributed by atoms with Gasteiger partial charge in [0.05, 0.1) is 24.1 Å². The number of ether oxygens (including phenoxy) is 1. The number of hydrogen-bond donors (Lipinski definition) is 2. The molecule has 10 heteroatoms. The first-order chi connectivity index (χ1) is 15.4. The van der Waals surface area contributed by atoms with Gasteiger partial charge in [0.15, 0.2) is 0 Å². The topological polar surface area (TPSA) is 128 Å². The zero-order chi connectivity index (χ0) is 22.8. The highest BCUT2D eigenvalue weighted by atomic mass is 16.6. The number of anilines is 2. The van der Waals surface area contributed by atoms with E-state index in [4.69, 9.17) is 4.74 Å². The van der Waals surface area contributed by atoms with Crippen molar-refractivity contribution in [3.05, 3.63) is 64.3 Å². The van der Waals surface area contributed by atoms with E-state index in [1.54, 1.807) is 17.9 Å². The molecule has 2 N–H and O–H groups in total. The summed E-state index contributed by atoms with van der Waals surface area (Å²) < 4.78 is 6.86. The van der Waals surface area contributed by atoms with Crippen LogP contribution in [-0.2, 0) is 16.0 Å². The van der Waals surface area contributed by atoms with Crippen molar-refractivity contribution in [2.45, 2.75) is 25.8 Å². The Morgan fingerprint density at radius 3 is 2.78 bits per heavy atom. The van der Waals surface area contributed by atoms with E-state index in [1.807, 2.05) is 31.2 Å². The Hall–Kier alpha value is -4.21. The van der Waals surface area contributed by atoms with Crippen LogP contribution < -0.4 is 15.4 Å². The number of methoxy groups -OCH3 is 1. The summed E-state index contributed by atoms with van der Waals surface area (Å²) in [6.07, 6.45) is 0.471. The zero-order valence-corrected chi connectivity index (χ0v) is 17.5. The molecule has 0 bridgehead atoms. The number of amides is 2. The Balaban J connectivity index is 1.60. The molecule has 164 valence electrons. The molecule has 1 aromatic heterocycles. The van der Waals surface area contributed by atoms with Crippen molar-refractivity contribution >= 4 is 29.0 Å². The van der Waals surface area contributed by atoms with Crippen molar-refractivity contribution in [3.63, 3.8) is 0 Å². The van der Waals surface area contributed by atoms with Crippen LogP contribution >= 0.6 is 0 Å². The minimum atomic E-state index is -0.826. The molecule has 1 atom stereocenters. The normalized spacial score (nSPS) is 14.6. The van der Waals surface area contributed by atoms with Crippen LogP contribution in [0.5, 0.6) is 5.75 Å². The predicted molar refractivity (Wildman–Crippen MR) is 118 cm³/mol. The number of rotatable bonds is 7. The van der Waals surface area contributed by atoms with Crippen molar-refractivity contribution in [2.75, 3.05) is 17.7 Å². The molecular formula is C22H21N5O5. The van der Waals surface area contributed by atoms with Crippen LogP contribution in [0, 0.1) is 10.1 Å². The van der Waals surface area contributed by atoms with Crippen LogP contribution in [-0.4, -0.2) is 33.6 Å². The molecule has 2 heterocycles. The second-order valence-corrected chi connectivity index (χ2v) is 7.27. The lowest BCUT2D eigenvalue weighted by Crippen LogP contribution is -2.24. The lowest BCUT2D eigenvalue weighted by Gasteiger charge is -2.10. The maximum absolute atomic E-state index is 12.7. The summed E-state index contributed by atoms with van der Waals surface area (Å²) in [6.45, 7) is 1.97. The van der Waals surface area contributed by atoms with E-state index >= 15 is 0 Å². The van der Waals surface area contributed by atoms with Crippen LogP contribution in [0.2, 0.25) is 0 Å². The van der Waals surface area contributed by atoms with Crippen LogP contribution in [0.25, 0.3) is 11.1 Å². The number of aryl methyl sites for hydroxylation is 1. The number of benzene rings is 2. The number of nitrogens with one attached hydrogen (secondary N) is 2. The first-order valence-electron chi connectivity index (χ1n) is 10.0. The van der Waals surface area contributed by atoms with Gasteiger partial charge in [0.25, 0.3) is 11.6 Å². The number of nitro benzene ring substituents is 1. The fraction of sp³-hybridized carbons (Fsp3) is 0.227. The van der Waals surface area contributed by atoms with Gasteiger partial charge in [-0.2, -0.15) is 5.10 Å². The molecule has 10 nitrogen and oxygen atoms in total. The van der Waals surface area contributed by atoms with Gasteiger partial charge in [-0.3, -0.25) is 19.7 Å². The Labute approximate surface area is 183 Å². The summed E-state index contributed by atoms with van der Waals surface area (Å²) in [7, 11) is 1.58. The number of nitrogens with zero attached hydrogens (tertiary/aromatic N) is 3. The van der Waals surface area contributed by atoms with Crippen molar-refractivity contribution < 1.29 is 19.2 Å². The number of carbonyl (C=O) groups excluding carboxylic acids is 2. The molecule has 0 saturated carbocycles. The largest absolute Gasteiger partial charge is 0.497 e. The molecular weight excluding hydrogens is 414 g/mol. The molecule has 1 aliphatic heterocycles. The summed E-state index contributed by atoms with van der Waals surface area (Å²) >= 11 is 0. The third-order valence-corrected chi connectivity index (χ3v) is 5.24. The van der Waals surface area contributed by atoms with E-state index in [1.165, 1.54) is 18.2 Å². The van der Waals surface area contributed by atoms with E-state index in [2.05, 4.69) is 15.7 Å². The first-order valence-corrected chi connectivity index (χ1v) is 10.0. The second-order valence-electron chi connectivity index (χ2n) is 7.27. The molecule has 32 heavy (non-hydrogen) atoms. The number of aromatic nitrogens is 2. The summed E-state index contributed by atoms with van der Waals surface area (Å²) in [6, 6.07) is 12.3. The standard InChI is InChI=1S/C22H21N5O5/c1-3-17-20(13-6-4-9-16(10-13)32-2)21-24-22(29)18(26(21)25-17)12-19(28)23-14-7-5-8-15(11-14)27(30)31/h4-11,18H,3,12H2,1-2H3,(H,23,28)(H,24,29). The van der Waals surface area contributed by atoms with Gasteiger partial charge in [0.1, 0.15) is 17.6 Å². The van der Waals surface area contributed by atoms with Crippen molar-refractivity contribution in [1.82, 2.24) is 9.78 Å². The van der Waals surface area contributed by atoms with Gasteiger partial charge >= 0.3 is 0 Å². The van der Waals surface area contributed by atoms with E-state index in [9.17, 15) is 19.7 Å². The monoisotopic (exact) mass is 435 g/mol. The lowest BCUT2D eigenvalue weighted by atomic mass is 10.0. The highest BCUT2D eigenvalue weighted by Gasteiger charge is 2.36. The Kier molecular flexibility index (Phi) is 5.59. The number of nitro groups is 1. The van der Waals surface area contributed by atoms with Gasteiger partial charge < -0.3 is 15.4 Å². The fourth-order valence-electron chi connectivity index (χ4n) is 3.73. The molecule has 3 aromatic rings. The molecule has 0 fully saturated rings. The number of fused-ring (bicyclic) bond motifs is 1. The number of hydrogen-bond acceptors (Lipinski definition) is 6. The van der Waals surface area contributed by atoms with Gasteiger partial charge in [0.2, 0.25) is 5.91 Å². The first kappa shape index (κ1) is 21.0. The predicted octanol–water partition coefficient (Wildman–Crippen LogP) is 3.55. The van der Waals surface area contributed by atoms with E-state index in [0.29, 0.717) is 18.0 Å². The smallest absolute Gasteiger partial charge is 0.271 e. The number of carbonyl (C=O) groups is 2. The van der Waals surface area contributed by atoms with E-state index in [0.717, 1.165) is 16.8 Å². The Morgan fingerprint density at radius 1 is 1.28 bits per heavy atom. The summed E-state index contributed by atoms with van der Waals surface area (Å²) in [4.78, 5) is 35.7. The minimum absolute atomic E-state index is 0.133. The second kappa shape index (κ2) is 8.50. The lowest BCUT2D eigenvalue weighted by molar-refractivity contribution is -0.384. The van der Waals surface area contributed by atoms with Gasteiger partial charge in [-0.25, -0.2) is 4.68 Å². The molecule has 0 radical (unpaired) electrons. The summed E-state index contributed by atoms with van der Waals surface area (Å²) in [5, 5.41) is 21.0. The summed E-state index contributed by atoms with van der Waals surface area (Å²) in [5.41, 5.74) is 2.59. The Morgan fingerprint density at radius 2 is 2.06 bits per heavy atom. The van der Waals surface area contributed by atoms with Crippen LogP contribution in [0.1, 0.15) is 25.1 Å². The van der Waals surface area contributed by atoms with Gasteiger partial charge in [-0.1, -0.05) is 25.1 Å². The molecule has 0 saturated heterocycles. The molecule has 1 aliphatic rings. The van der Waals surface area contributed by atoms with Crippen molar-refractivity contribution in [1.29, 1.82) is 0 Å². The highest BCUT2D eigenvalue weighted by Crippen LogP contribution is 2.39. The third-order valence-electron chi connectivity index (χ3n) is 5.24. The zero-order valence-electron chi connectivity index (χ0n) is 17.5. The molecule has 2 aromatic carbocycles. The van der Waals surface area contributed by atoms with Gasteiger partial charge in [-0.15, -0.1) is 0 Å². The third kappa shape index (κ3) is 3.89. The average Bonchev–Trinajstić information content (AvgIpc) is 3.29. The maximum Gasteiger partial charge on any atom is 0.271 e. The van der Waals surface area contributed by atoms with Crippen molar-refractivity contribution in [2.24, 2.45) is 0 Å². The quantitative estimate of drug-likeness (QED) is 0.431. The average molecular weight is 435 g/mol. The number of non-ortho nitro benzene ring substituents is 1. The Bertz CT molecular complexity index is 1220. The van der Waals surface area contributed by atoms with Crippen molar-refractivity contribution in [3.8, 4) is 16.9 Å². The fourth-order valence-corrected chi connectivity index (χ4v) is 3.73. The maximum atomic E-state index is 12.7. The van der Waals surface area contributed by atoms with Crippen LogP contribution in [0.3, 0.4) is 0 Å². The van der Waals surface area contributed by atoms with Crippen LogP contribution in [0.15, 0.2) is 48.5 Å².